The summed E-state index contributed by atoms with van der Waals surface area (Å²) >= 11 is 5.73. The first-order valence-corrected chi connectivity index (χ1v) is 8.55. The van der Waals surface area contributed by atoms with Gasteiger partial charge in [-0.2, -0.15) is 4.31 Å². The summed E-state index contributed by atoms with van der Waals surface area (Å²) < 4.78 is 39.8. The molecule has 0 radical (unpaired) electrons. The molecule has 0 aliphatic carbocycles. The van der Waals surface area contributed by atoms with Crippen LogP contribution in [0.3, 0.4) is 0 Å². The van der Waals surface area contributed by atoms with E-state index in [0.717, 1.165) is 18.7 Å². The third-order valence-electron chi connectivity index (χ3n) is 3.44. The minimum absolute atomic E-state index is 0.0479. The first kappa shape index (κ1) is 16.6. The molecule has 1 aromatic carbocycles. The molecule has 118 valence electrons. The molecule has 1 N–H and O–H groups in total. The molecular formula is C13H18ClFN2O3S. The zero-order valence-corrected chi connectivity index (χ0v) is 13.1. The molecule has 0 bridgehead atoms. The van der Waals surface area contributed by atoms with Gasteiger partial charge in [-0.05, 0) is 31.2 Å². The SMILES string of the molecule is O=S(=O)(c1cc(F)cc(Cl)c1)N1CCCN(CCO)CC1. The number of nitrogens with zero attached hydrogens (tertiary/aromatic N) is 2. The van der Waals surface area contributed by atoms with E-state index in [9.17, 15) is 12.8 Å². The number of rotatable bonds is 4. The largest absolute Gasteiger partial charge is 0.395 e. The predicted molar refractivity (Wildman–Crippen MR) is 78.3 cm³/mol. The Hall–Kier alpha value is -0.730. The maximum Gasteiger partial charge on any atom is 0.243 e. The Labute approximate surface area is 129 Å². The highest BCUT2D eigenvalue weighted by Crippen LogP contribution is 2.22. The van der Waals surface area contributed by atoms with Crippen LogP contribution in [0.1, 0.15) is 6.42 Å². The molecule has 0 atom stereocenters. The van der Waals surface area contributed by atoms with Crippen LogP contribution in [0.15, 0.2) is 23.1 Å². The van der Waals surface area contributed by atoms with E-state index in [0.29, 0.717) is 32.6 Å². The molecule has 0 aromatic heterocycles. The van der Waals surface area contributed by atoms with E-state index in [-0.39, 0.29) is 16.5 Å². The van der Waals surface area contributed by atoms with Gasteiger partial charge in [-0.25, -0.2) is 12.8 Å². The fraction of sp³-hybridized carbons (Fsp3) is 0.538. The quantitative estimate of drug-likeness (QED) is 0.896. The molecule has 0 amide bonds. The van der Waals surface area contributed by atoms with Gasteiger partial charge in [0.1, 0.15) is 5.82 Å². The predicted octanol–water partition coefficient (Wildman–Crippen LogP) is 1.17. The van der Waals surface area contributed by atoms with Crippen molar-refractivity contribution in [3.8, 4) is 0 Å². The van der Waals surface area contributed by atoms with Crippen LogP contribution in [0.2, 0.25) is 5.02 Å². The van der Waals surface area contributed by atoms with Crippen molar-refractivity contribution in [2.75, 3.05) is 39.3 Å². The minimum Gasteiger partial charge on any atom is -0.395 e. The Bertz CT molecular complexity index is 577. The van der Waals surface area contributed by atoms with Crippen molar-refractivity contribution >= 4 is 21.6 Å². The number of aliphatic hydroxyl groups excluding tert-OH is 1. The topological polar surface area (TPSA) is 60.9 Å². The zero-order valence-electron chi connectivity index (χ0n) is 11.5. The van der Waals surface area contributed by atoms with Crippen molar-refractivity contribution in [2.24, 2.45) is 0 Å². The Kier molecular flexibility index (Phi) is 5.56. The van der Waals surface area contributed by atoms with E-state index in [1.54, 1.807) is 0 Å². The van der Waals surface area contributed by atoms with Crippen LogP contribution in [0, 0.1) is 5.82 Å². The summed E-state index contributed by atoms with van der Waals surface area (Å²) in [4.78, 5) is 1.89. The number of sulfonamides is 1. The van der Waals surface area contributed by atoms with Crippen LogP contribution in [0.25, 0.3) is 0 Å². The number of β-amino-alcohol motifs (C(OH)–C–C–N with tert-alkyl or cyclic N) is 1. The van der Waals surface area contributed by atoms with E-state index in [2.05, 4.69) is 0 Å². The first-order chi connectivity index (χ1) is 9.93. The fourth-order valence-electron chi connectivity index (χ4n) is 2.38. The van der Waals surface area contributed by atoms with Crippen molar-refractivity contribution in [3.05, 3.63) is 29.0 Å². The molecule has 0 saturated carbocycles. The number of hydrogen-bond donors (Lipinski definition) is 1. The van der Waals surface area contributed by atoms with Gasteiger partial charge in [-0.3, -0.25) is 4.90 Å². The summed E-state index contributed by atoms with van der Waals surface area (Å²) in [7, 11) is -3.75. The summed E-state index contributed by atoms with van der Waals surface area (Å²) in [6, 6.07) is 3.32. The molecule has 8 heteroatoms. The average Bonchev–Trinajstić information content (AvgIpc) is 2.64. The van der Waals surface area contributed by atoms with Crippen LogP contribution < -0.4 is 0 Å². The van der Waals surface area contributed by atoms with E-state index in [1.807, 2.05) is 4.90 Å². The summed E-state index contributed by atoms with van der Waals surface area (Å²) in [5.41, 5.74) is 0. The van der Waals surface area contributed by atoms with E-state index >= 15 is 0 Å². The van der Waals surface area contributed by atoms with Gasteiger partial charge in [0.15, 0.2) is 0 Å². The van der Waals surface area contributed by atoms with Crippen LogP contribution in [0.5, 0.6) is 0 Å². The Morgan fingerprint density at radius 1 is 1.19 bits per heavy atom. The second-order valence-electron chi connectivity index (χ2n) is 4.93. The molecule has 5 nitrogen and oxygen atoms in total. The van der Waals surface area contributed by atoms with Gasteiger partial charge in [0, 0.05) is 31.2 Å². The number of aliphatic hydroxyl groups is 1. The monoisotopic (exact) mass is 336 g/mol. The van der Waals surface area contributed by atoms with E-state index in [4.69, 9.17) is 16.7 Å². The van der Waals surface area contributed by atoms with Gasteiger partial charge in [-0.15, -0.1) is 0 Å². The molecular weight excluding hydrogens is 319 g/mol. The lowest BCUT2D eigenvalue weighted by molar-refractivity contribution is 0.202. The second-order valence-corrected chi connectivity index (χ2v) is 7.30. The summed E-state index contributed by atoms with van der Waals surface area (Å²) in [5, 5.41) is 9.01. The van der Waals surface area contributed by atoms with E-state index in [1.165, 1.54) is 10.4 Å². The van der Waals surface area contributed by atoms with Gasteiger partial charge in [0.25, 0.3) is 0 Å². The highest BCUT2D eigenvalue weighted by molar-refractivity contribution is 7.89. The Morgan fingerprint density at radius 3 is 2.62 bits per heavy atom. The van der Waals surface area contributed by atoms with Gasteiger partial charge >= 0.3 is 0 Å². The second kappa shape index (κ2) is 7.02. The average molecular weight is 337 g/mol. The number of halogens is 2. The van der Waals surface area contributed by atoms with E-state index < -0.39 is 15.8 Å². The molecule has 21 heavy (non-hydrogen) atoms. The maximum absolute atomic E-state index is 13.4. The summed E-state index contributed by atoms with van der Waals surface area (Å²) in [6.45, 7) is 2.54. The lowest BCUT2D eigenvalue weighted by atomic mass is 10.3. The Balaban J connectivity index is 2.19. The highest BCUT2D eigenvalue weighted by atomic mass is 35.5. The van der Waals surface area contributed by atoms with Crippen LogP contribution >= 0.6 is 11.6 Å². The lowest BCUT2D eigenvalue weighted by Crippen LogP contribution is -2.36. The maximum atomic E-state index is 13.4. The van der Waals surface area contributed by atoms with Crippen molar-refractivity contribution in [2.45, 2.75) is 11.3 Å². The van der Waals surface area contributed by atoms with Crippen molar-refractivity contribution < 1.29 is 17.9 Å². The molecule has 1 fully saturated rings. The molecule has 1 aliphatic rings. The lowest BCUT2D eigenvalue weighted by Gasteiger charge is -2.21. The number of hydrogen-bond acceptors (Lipinski definition) is 4. The summed E-state index contributed by atoms with van der Waals surface area (Å²) in [5.74, 6) is -0.669. The van der Waals surface area contributed by atoms with Crippen LogP contribution in [-0.4, -0.2) is 62.1 Å². The van der Waals surface area contributed by atoms with Gasteiger partial charge in [0.05, 0.1) is 11.5 Å². The van der Waals surface area contributed by atoms with Gasteiger partial charge in [-0.1, -0.05) is 11.6 Å². The molecule has 0 spiro atoms. The third-order valence-corrected chi connectivity index (χ3v) is 5.53. The zero-order chi connectivity index (χ0) is 15.5. The first-order valence-electron chi connectivity index (χ1n) is 6.73. The van der Waals surface area contributed by atoms with Crippen molar-refractivity contribution in [3.63, 3.8) is 0 Å². The standard InChI is InChI=1S/C13H18ClFN2O3S/c14-11-8-12(15)10-13(9-11)21(19,20)17-3-1-2-16(4-5-17)6-7-18/h8-10,18H,1-7H2. The van der Waals surface area contributed by atoms with Gasteiger partial charge < -0.3 is 5.11 Å². The van der Waals surface area contributed by atoms with Gasteiger partial charge in [0.2, 0.25) is 10.0 Å². The normalized spacial score (nSPS) is 18.6. The Morgan fingerprint density at radius 2 is 1.95 bits per heavy atom. The van der Waals surface area contributed by atoms with Crippen LogP contribution in [-0.2, 0) is 10.0 Å². The fourth-order valence-corrected chi connectivity index (χ4v) is 4.19. The molecule has 1 aliphatic heterocycles. The summed E-state index contributed by atoms with van der Waals surface area (Å²) in [6.07, 6.45) is 0.669. The minimum atomic E-state index is -3.75. The highest BCUT2D eigenvalue weighted by Gasteiger charge is 2.27. The molecule has 1 heterocycles. The molecule has 1 aromatic rings. The third kappa shape index (κ3) is 4.14. The van der Waals surface area contributed by atoms with Crippen molar-refractivity contribution in [1.82, 2.24) is 9.21 Å². The molecule has 1 saturated heterocycles. The number of benzene rings is 1. The van der Waals surface area contributed by atoms with Crippen LogP contribution in [0.4, 0.5) is 4.39 Å². The molecule has 2 rings (SSSR count). The molecule has 0 unspecified atom stereocenters. The smallest absolute Gasteiger partial charge is 0.243 e. The van der Waals surface area contributed by atoms with Crippen molar-refractivity contribution in [1.29, 1.82) is 0 Å².